The summed E-state index contributed by atoms with van der Waals surface area (Å²) >= 11 is -4.57. The van der Waals surface area contributed by atoms with Crippen LogP contribution in [-0.4, -0.2) is 5.43 Å². The summed E-state index contributed by atoms with van der Waals surface area (Å²) in [5.41, 5.74) is 4.10. The predicted octanol–water partition coefficient (Wildman–Crippen LogP) is 11.8. The molecule has 0 bridgehead atoms. The summed E-state index contributed by atoms with van der Waals surface area (Å²) in [5, 5.41) is 5.57. The zero-order chi connectivity index (χ0) is 27.8. The fourth-order valence-corrected chi connectivity index (χ4v) is 62.2. The average Bonchev–Trinajstić information content (AvgIpc) is 3.66. The summed E-state index contributed by atoms with van der Waals surface area (Å²) in [6, 6.07) is 43.4. The fraction of sp³-hybridized carbons (Fsp3) is 0.0625. The maximum atomic E-state index is 8.25. The van der Waals surface area contributed by atoms with E-state index in [9.17, 15) is 0 Å². The van der Waals surface area contributed by atoms with Crippen LogP contribution >= 0.6 is 49.8 Å². The first-order chi connectivity index (χ1) is 19.4. The van der Waals surface area contributed by atoms with Gasteiger partial charge in [-0.2, -0.15) is 0 Å². The Morgan fingerprint density at radius 2 is 0.800 bits per heavy atom. The first-order valence-corrected chi connectivity index (χ1v) is 31.9. The zero-order valence-corrected chi connectivity index (χ0v) is 31.0. The molecule has 6 rings (SSSR count). The summed E-state index contributed by atoms with van der Waals surface area (Å²) in [6.45, 7) is 4.75. The van der Waals surface area contributed by atoms with E-state index in [0.717, 1.165) is 0 Å². The van der Waals surface area contributed by atoms with Crippen LogP contribution < -0.4 is 5.47 Å². The van der Waals surface area contributed by atoms with Crippen molar-refractivity contribution < 1.29 is 15.0 Å². The number of rotatable bonds is 6. The van der Waals surface area contributed by atoms with Crippen LogP contribution in [-0.2, 0) is 15.0 Å². The molecule has 2 heterocycles. The molecule has 0 fully saturated rings. The van der Waals surface area contributed by atoms with Crippen molar-refractivity contribution in [2.75, 3.05) is 0 Å². The minimum atomic E-state index is -4.57. The van der Waals surface area contributed by atoms with Crippen molar-refractivity contribution >= 4 is 60.7 Å². The second kappa shape index (κ2) is 11.9. The second-order valence-corrected chi connectivity index (χ2v) is 56.8. The average molecular weight is 727 g/mol. The Kier molecular flexibility index (Phi) is 8.67. The molecule has 0 aliphatic rings. The van der Waals surface area contributed by atoms with E-state index in [-0.39, 0.29) is 0 Å². The third-order valence-electron chi connectivity index (χ3n) is 7.34. The molecule has 0 N–H and O–H groups in total. The van der Waals surface area contributed by atoms with Crippen LogP contribution in [0.15, 0.2) is 121 Å². The fourth-order valence-electron chi connectivity index (χ4n) is 4.99. The molecule has 6 aromatic rings. The molecule has 0 nitrogen and oxygen atoms in total. The topological polar surface area (TPSA) is 0 Å². The van der Waals surface area contributed by atoms with Gasteiger partial charge in [-0.3, -0.25) is 0 Å². The van der Waals surface area contributed by atoms with Crippen molar-refractivity contribution in [3.63, 3.8) is 0 Å². The van der Waals surface area contributed by atoms with Gasteiger partial charge >= 0.3 is 254 Å². The standard InChI is InChI=1S/2C15H11P2.C2H6Si.2ClH.Zr/c2*1-3-7-12(8-4-1)14-15(17-11-16-14)13-9-5-2-6-10-13;1-3-2;;;/h2*1-10,16H;1-2H3;2*1H;/q;;;;;+2/p-2. The predicted molar refractivity (Wildman–Crippen MR) is 187 cm³/mol. The van der Waals surface area contributed by atoms with Crippen LogP contribution in [0, 0.1) is 0 Å². The molecule has 4 aromatic carbocycles. The van der Waals surface area contributed by atoms with E-state index < -0.39 is 20.4 Å². The van der Waals surface area contributed by atoms with E-state index in [1.807, 2.05) is 0 Å². The molecule has 0 aliphatic heterocycles. The van der Waals surface area contributed by atoms with Gasteiger partial charge in [0.2, 0.25) is 0 Å². The van der Waals surface area contributed by atoms with Crippen LogP contribution in [0.1, 0.15) is 0 Å². The Hall–Kier alpha value is -1.02. The first kappa shape index (κ1) is 29.1. The van der Waals surface area contributed by atoms with Crippen molar-refractivity contribution in [1.29, 1.82) is 0 Å². The van der Waals surface area contributed by atoms with Gasteiger partial charge in [-0.05, 0) is 0 Å². The molecule has 2 aromatic heterocycles. The van der Waals surface area contributed by atoms with Gasteiger partial charge in [0.15, 0.2) is 0 Å². The molecule has 0 radical (unpaired) electrons. The van der Waals surface area contributed by atoms with E-state index in [0.29, 0.717) is 16.4 Å². The second-order valence-electron chi connectivity index (χ2n) is 10.1. The molecular formula is C32H28Cl2P4SiZr. The zero-order valence-electron chi connectivity index (χ0n) is 22.2. The van der Waals surface area contributed by atoms with Crippen molar-refractivity contribution in [1.82, 2.24) is 0 Å². The third kappa shape index (κ3) is 5.31. The Balaban J connectivity index is 1.64. The molecule has 40 heavy (non-hydrogen) atoms. The monoisotopic (exact) mass is 724 g/mol. The molecule has 0 aliphatic carbocycles. The molecule has 0 saturated carbocycles. The molecular weight excluding hydrogens is 698 g/mol. The van der Waals surface area contributed by atoms with Gasteiger partial charge in [0, 0.05) is 0 Å². The number of hydrogen-bond acceptors (Lipinski definition) is 0. The van der Waals surface area contributed by atoms with Crippen LogP contribution in [0.2, 0.25) is 13.1 Å². The van der Waals surface area contributed by atoms with Crippen LogP contribution in [0.5, 0.6) is 0 Å². The van der Waals surface area contributed by atoms with Gasteiger partial charge in [0.1, 0.15) is 0 Å². The van der Waals surface area contributed by atoms with Crippen LogP contribution in [0.3, 0.4) is 0 Å². The van der Waals surface area contributed by atoms with Crippen LogP contribution in [0.25, 0.3) is 43.4 Å². The molecule has 0 spiro atoms. The SMILES string of the molecule is C[Si](C)=[Zr]([Cl])([Cl])([c]1pc(-c2ccccc2)c(-c2ccccc2)[pH]1)[c]1pc(-c2ccccc2)c(-c2ccccc2)[pH]1. The summed E-state index contributed by atoms with van der Waals surface area (Å²) in [7, 11) is 20.0. The minimum absolute atomic E-state index is 0.533. The van der Waals surface area contributed by atoms with Crippen molar-refractivity contribution in [3.05, 3.63) is 121 Å². The van der Waals surface area contributed by atoms with E-state index in [1.54, 1.807) is 0 Å². The van der Waals surface area contributed by atoms with Crippen molar-refractivity contribution in [3.8, 4) is 43.4 Å². The van der Waals surface area contributed by atoms with E-state index >= 15 is 0 Å². The van der Waals surface area contributed by atoms with Gasteiger partial charge in [-0.15, -0.1) is 0 Å². The Labute approximate surface area is 251 Å². The molecule has 0 saturated heterocycles. The van der Waals surface area contributed by atoms with Gasteiger partial charge < -0.3 is 0 Å². The normalized spacial score (nSPS) is 12.7. The quantitative estimate of drug-likeness (QED) is 0.150. The van der Waals surface area contributed by atoms with Gasteiger partial charge in [0.05, 0.1) is 0 Å². The van der Waals surface area contributed by atoms with Crippen LogP contribution in [0.4, 0.5) is 0 Å². The van der Waals surface area contributed by atoms with E-state index in [2.05, 4.69) is 134 Å². The van der Waals surface area contributed by atoms with Crippen molar-refractivity contribution in [2.24, 2.45) is 0 Å². The first-order valence-electron chi connectivity index (χ1n) is 13.2. The molecule has 0 amide bonds. The van der Waals surface area contributed by atoms with E-state index in [1.165, 1.54) is 65.3 Å². The summed E-state index contributed by atoms with van der Waals surface area (Å²) < 4.78 is 2.89. The van der Waals surface area contributed by atoms with Gasteiger partial charge in [-0.1, -0.05) is 0 Å². The number of halogens is 2. The summed E-state index contributed by atoms with van der Waals surface area (Å²) in [6.07, 6.45) is 0. The summed E-state index contributed by atoms with van der Waals surface area (Å²) in [4.78, 5) is 0. The number of benzene rings is 4. The molecule has 198 valence electrons. The maximum absolute atomic E-state index is 8.25. The van der Waals surface area contributed by atoms with Gasteiger partial charge in [0.25, 0.3) is 0 Å². The van der Waals surface area contributed by atoms with Gasteiger partial charge in [-0.25, -0.2) is 0 Å². The summed E-state index contributed by atoms with van der Waals surface area (Å²) in [5.74, 6) is 0. The third-order valence-corrected chi connectivity index (χ3v) is 79.7. The van der Waals surface area contributed by atoms with Crippen molar-refractivity contribution in [2.45, 2.75) is 13.1 Å². The molecule has 2 atom stereocenters. The van der Waals surface area contributed by atoms with E-state index in [4.69, 9.17) is 17.0 Å². The Morgan fingerprint density at radius 1 is 0.500 bits per heavy atom. The molecule has 2 unspecified atom stereocenters. The Bertz CT molecular complexity index is 1610. The molecule has 8 heteroatoms. The Morgan fingerprint density at radius 3 is 1.10 bits per heavy atom. The number of hydrogen-bond donors (Lipinski definition) is 0.